The Morgan fingerprint density at radius 1 is 1.08 bits per heavy atom. The highest BCUT2D eigenvalue weighted by Crippen LogP contribution is 2.16. The van der Waals surface area contributed by atoms with Crippen LogP contribution in [0.1, 0.15) is 12.5 Å². The highest BCUT2D eigenvalue weighted by molar-refractivity contribution is 5.93. The lowest BCUT2D eigenvalue weighted by atomic mass is 10.1. The summed E-state index contributed by atoms with van der Waals surface area (Å²) in [6, 6.07) is 18.1. The van der Waals surface area contributed by atoms with Gasteiger partial charge < -0.3 is 19.9 Å². The summed E-state index contributed by atoms with van der Waals surface area (Å²) in [5.74, 6) is 0.820. The van der Waals surface area contributed by atoms with Crippen LogP contribution in [-0.2, 0) is 11.3 Å². The molecular formula is C21H29N3O2+2. The fourth-order valence-electron chi connectivity index (χ4n) is 3.56. The lowest BCUT2D eigenvalue weighted by Gasteiger charge is -2.32. The molecule has 0 bridgehead atoms. The molecule has 3 N–H and O–H groups in total. The van der Waals surface area contributed by atoms with E-state index in [1.807, 2.05) is 31.2 Å². The molecule has 0 aromatic heterocycles. The molecule has 138 valence electrons. The van der Waals surface area contributed by atoms with Gasteiger partial charge in [0, 0.05) is 17.3 Å². The molecular weight excluding hydrogens is 326 g/mol. The van der Waals surface area contributed by atoms with Crippen molar-refractivity contribution in [2.45, 2.75) is 19.5 Å². The van der Waals surface area contributed by atoms with Crippen molar-refractivity contribution < 1.29 is 19.3 Å². The Kier molecular flexibility index (Phi) is 6.26. The topological polar surface area (TPSA) is 47.2 Å². The van der Waals surface area contributed by atoms with Crippen LogP contribution in [0.4, 0.5) is 5.69 Å². The van der Waals surface area contributed by atoms with Gasteiger partial charge in [-0.05, 0) is 19.1 Å². The Bertz CT molecular complexity index is 712. The Balaban J connectivity index is 1.49. The largest absolute Gasteiger partial charge is 0.497 e. The van der Waals surface area contributed by atoms with Crippen LogP contribution in [0.2, 0.25) is 0 Å². The van der Waals surface area contributed by atoms with Crippen molar-refractivity contribution in [3.63, 3.8) is 0 Å². The molecule has 1 aliphatic heterocycles. The van der Waals surface area contributed by atoms with Crippen molar-refractivity contribution in [2.24, 2.45) is 0 Å². The minimum Gasteiger partial charge on any atom is -0.497 e. The van der Waals surface area contributed by atoms with Gasteiger partial charge in [0.1, 0.15) is 38.5 Å². The number of hydrogen-bond acceptors (Lipinski definition) is 2. The number of hydrogen-bond donors (Lipinski definition) is 3. The van der Waals surface area contributed by atoms with E-state index in [-0.39, 0.29) is 11.9 Å². The van der Waals surface area contributed by atoms with E-state index < -0.39 is 0 Å². The molecule has 1 saturated heterocycles. The fraction of sp³-hybridized carbons (Fsp3) is 0.381. The summed E-state index contributed by atoms with van der Waals surface area (Å²) in [5.41, 5.74) is 2.17. The number of piperazine rings is 1. The van der Waals surface area contributed by atoms with Gasteiger partial charge in [-0.3, -0.25) is 4.79 Å². The summed E-state index contributed by atoms with van der Waals surface area (Å²) in [6.45, 7) is 7.33. The zero-order chi connectivity index (χ0) is 18.4. The number of nitrogens with one attached hydrogen (secondary N) is 3. The van der Waals surface area contributed by atoms with E-state index >= 15 is 0 Å². The molecule has 26 heavy (non-hydrogen) atoms. The first-order chi connectivity index (χ1) is 12.7. The number of quaternary nitrogens is 2. The van der Waals surface area contributed by atoms with Crippen molar-refractivity contribution in [2.75, 3.05) is 38.6 Å². The maximum absolute atomic E-state index is 12.6. The summed E-state index contributed by atoms with van der Waals surface area (Å²) in [5, 5.41) is 3.02. The van der Waals surface area contributed by atoms with E-state index in [9.17, 15) is 4.79 Å². The number of ether oxygens (including phenoxy) is 1. The third-order valence-electron chi connectivity index (χ3n) is 5.24. The number of amides is 1. The zero-order valence-corrected chi connectivity index (χ0v) is 15.6. The van der Waals surface area contributed by atoms with E-state index in [0.717, 1.165) is 44.2 Å². The summed E-state index contributed by atoms with van der Waals surface area (Å²) in [7, 11) is 1.63. The molecule has 1 aliphatic rings. The minimum atomic E-state index is -0.0560. The van der Waals surface area contributed by atoms with E-state index in [1.54, 1.807) is 12.0 Å². The summed E-state index contributed by atoms with van der Waals surface area (Å²) >= 11 is 0. The highest BCUT2D eigenvalue weighted by atomic mass is 16.5. The molecule has 0 radical (unpaired) electrons. The molecule has 0 aliphatic carbocycles. The molecule has 1 heterocycles. The van der Waals surface area contributed by atoms with Gasteiger partial charge in [-0.15, -0.1) is 0 Å². The van der Waals surface area contributed by atoms with Crippen molar-refractivity contribution in [3.05, 3.63) is 60.2 Å². The molecule has 5 nitrogen and oxygen atoms in total. The summed E-state index contributed by atoms with van der Waals surface area (Å²) in [4.78, 5) is 15.6. The number of carbonyl (C=O) groups is 1. The molecule has 1 atom stereocenters. The standard InChI is InChI=1S/C21H27N3O2/c1-17(21(25)22-19-9-6-10-20(15-19)26-2)24-13-11-23(12-14-24)16-18-7-4-3-5-8-18/h3-10,15,17H,11-14,16H2,1-2H3,(H,22,25)/p+2/t17-/m0/s1. The quantitative estimate of drug-likeness (QED) is 0.684. The molecule has 2 aromatic rings. The van der Waals surface area contributed by atoms with Crippen LogP contribution in [0, 0.1) is 0 Å². The maximum Gasteiger partial charge on any atom is 0.282 e. The Labute approximate surface area is 155 Å². The lowest BCUT2D eigenvalue weighted by Crippen LogP contribution is -3.29. The molecule has 2 aromatic carbocycles. The minimum absolute atomic E-state index is 0.0560. The summed E-state index contributed by atoms with van der Waals surface area (Å²) in [6.07, 6.45) is 0. The average Bonchev–Trinajstić information content (AvgIpc) is 2.69. The Morgan fingerprint density at radius 2 is 1.81 bits per heavy atom. The van der Waals surface area contributed by atoms with Crippen LogP contribution in [-0.4, -0.2) is 45.2 Å². The average molecular weight is 355 g/mol. The van der Waals surface area contributed by atoms with Crippen molar-refractivity contribution in [1.82, 2.24) is 0 Å². The van der Waals surface area contributed by atoms with E-state index in [2.05, 4.69) is 35.6 Å². The van der Waals surface area contributed by atoms with Gasteiger partial charge in [-0.1, -0.05) is 36.4 Å². The van der Waals surface area contributed by atoms with E-state index in [0.29, 0.717) is 0 Å². The van der Waals surface area contributed by atoms with Gasteiger partial charge in [-0.25, -0.2) is 0 Å². The fourth-order valence-corrected chi connectivity index (χ4v) is 3.56. The van der Waals surface area contributed by atoms with Crippen LogP contribution in [0.5, 0.6) is 5.75 Å². The van der Waals surface area contributed by atoms with Gasteiger partial charge >= 0.3 is 0 Å². The van der Waals surface area contributed by atoms with Crippen LogP contribution in [0.15, 0.2) is 54.6 Å². The lowest BCUT2D eigenvalue weighted by molar-refractivity contribution is -1.02. The molecule has 3 rings (SSSR count). The van der Waals surface area contributed by atoms with Crippen molar-refractivity contribution >= 4 is 11.6 Å². The van der Waals surface area contributed by atoms with Gasteiger partial charge in [-0.2, -0.15) is 0 Å². The predicted octanol–water partition coefficient (Wildman–Crippen LogP) is 0.00580. The summed E-state index contributed by atoms with van der Waals surface area (Å²) < 4.78 is 5.21. The number of benzene rings is 2. The van der Waals surface area contributed by atoms with Crippen molar-refractivity contribution in [3.8, 4) is 5.75 Å². The monoisotopic (exact) mass is 355 g/mol. The van der Waals surface area contributed by atoms with E-state index in [1.165, 1.54) is 10.5 Å². The number of carbonyl (C=O) groups excluding carboxylic acids is 1. The molecule has 1 amide bonds. The van der Waals surface area contributed by atoms with Crippen LogP contribution >= 0.6 is 0 Å². The van der Waals surface area contributed by atoms with Crippen LogP contribution in [0.3, 0.4) is 0 Å². The number of rotatable bonds is 6. The SMILES string of the molecule is COc1cccc(NC(=O)[C@H](C)[NH+]2CC[NH+](Cc3ccccc3)CC2)c1. The van der Waals surface area contributed by atoms with Gasteiger partial charge in [0.2, 0.25) is 0 Å². The second-order valence-corrected chi connectivity index (χ2v) is 7.01. The number of anilines is 1. The Morgan fingerprint density at radius 3 is 2.50 bits per heavy atom. The molecule has 5 heteroatoms. The molecule has 0 spiro atoms. The molecule has 0 saturated carbocycles. The Hall–Kier alpha value is -2.37. The van der Waals surface area contributed by atoms with E-state index in [4.69, 9.17) is 4.74 Å². The number of methoxy groups -OCH3 is 1. The first-order valence-corrected chi connectivity index (χ1v) is 9.32. The molecule has 0 unspecified atom stereocenters. The third kappa shape index (κ3) is 4.84. The van der Waals surface area contributed by atoms with Gasteiger partial charge in [0.05, 0.1) is 7.11 Å². The first-order valence-electron chi connectivity index (χ1n) is 9.32. The highest BCUT2D eigenvalue weighted by Gasteiger charge is 2.31. The predicted molar refractivity (Wildman–Crippen MR) is 103 cm³/mol. The van der Waals surface area contributed by atoms with Crippen LogP contribution < -0.4 is 19.9 Å². The zero-order valence-electron chi connectivity index (χ0n) is 15.6. The normalized spacial score (nSPS) is 21.0. The second-order valence-electron chi connectivity index (χ2n) is 7.01. The van der Waals surface area contributed by atoms with Gasteiger partial charge in [0.15, 0.2) is 6.04 Å². The van der Waals surface area contributed by atoms with Crippen molar-refractivity contribution in [1.29, 1.82) is 0 Å². The third-order valence-corrected chi connectivity index (χ3v) is 5.24. The smallest absolute Gasteiger partial charge is 0.282 e. The van der Waals surface area contributed by atoms with Gasteiger partial charge in [0.25, 0.3) is 5.91 Å². The second kappa shape index (κ2) is 8.83. The van der Waals surface area contributed by atoms with Crippen LogP contribution in [0.25, 0.3) is 0 Å². The molecule has 1 fully saturated rings. The maximum atomic E-state index is 12.6. The first kappa shape index (κ1) is 18.4.